The molecule has 0 unspecified atom stereocenters. The minimum Gasteiger partial charge on any atom is -0.342 e. The molecule has 1 saturated heterocycles. The number of piperidine rings is 1. The molecule has 1 amide bonds. The number of aromatic nitrogens is 2. The van der Waals surface area contributed by atoms with E-state index in [1.54, 1.807) is 11.3 Å². The molecule has 0 saturated carbocycles. The Morgan fingerprint density at radius 2 is 2.10 bits per heavy atom. The van der Waals surface area contributed by atoms with Crippen molar-refractivity contribution in [1.82, 2.24) is 14.3 Å². The molecule has 20 heavy (non-hydrogen) atoms. The summed E-state index contributed by atoms with van der Waals surface area (Å²) in [4.78, 5) is 31.2. The van der Waals surface area contributed by atoms with Gasteiger partial charge in [-0.3, -0.25) is 14.0 Å². The lowest BCUT2D eigenvalue weighted by molar-refractivity contribution is -0.131. The Kier molecular flexibility index (Phi) is 3.56. The highest BCUT2D eigenvalue weighted by molar-refractivity contribution is 7.15. The molecule has 1 aliphatic heterocycles. The first-order chi connectivity index (χ1) is 9.65. The molecule has 0 spiro atoms. The Morgan fingerprint density at radius 1 is 1.35 bits per heavy atom. The molecule has 3 rings (SSSR count). The summed E-state index contributed by atoms with van der Waals surface area (Å²) in [7, 11) is 0. The monoisotopic (exact) mass is 291 g/mol. The van der Waals surface area contributed by atoms with Crippen molar-refractivity contribution >= 4 is 22.2 Å². The number of hydrogen-bond donors (Lipinski definition) is 0. The third-order valence-corrected chi connectivity index (χ3v) is 4.52. The van der Waals surface area contributed by atoms with Crippen LogP contribution < -0.4 is 5.56 Å². The van der Waals surface area contributed by atoms with Gasteiger partial charge in [-0.25, -0.2) is 4.98 Å². The topological polar surface area (TPSA) is 54.7 Å². The number of fused-ring (bicyclic) bond motifs is 1. The summed E-state index contributed by atoms with van der Waals surface area (Å²) in [5, 5.41) is 1.87. The molecule has 2 aromatic rings. The van der Waals surface area contributed by atoms with Crippen LogP contribution in [0.25, 0.3) is 4.96 Å². The number of likely N-dealkylation sites (tertiary alicyclic amines) is 1. The van der Waals surface area contributed by atoms with E-state index in [9.17, 15) is 9.59 Å². The molecule has 0 atom stereocenters. The van der Waals surface area contributed by atoms with Gasteiger partial charge in [0.05, 0.1) is 6.42 Å². The summed E-state index contributed by atoms with van der Waals surface area (Å²) in [5.74, 6) is 0.108. The van der Waals surface area contributed by atoms with Crippen LogP contribution in [0.1, 0.15) is 30.7 Å². The Hall–Kier alpha value is -1.69. The van der Waals surface area contributed by atoms with Gasteiger partial charge in [0, 0.05) is 35.9 Å². The Balaban J connectivity index is 1.87. The molecule has 1 fully saturated rings. The largest absolute Gasteiger partial charge is 0.342 e. The second-order valence-corrected chi connectivity index (χ2v) is 6.04. The first-order valence-electron chi connectivity index (χ1n) is 6.90. The van der Waals surface area contributed by atoms with Gasteiger partial charge in [0.1, 0.15) is 0 Å². The standard InChI is InChI=1S/C14H17N3O2S/c1-10-7-13(19)17-11(9-20-14(17)15-10)8-12(18)16-5-3-2-4-6-16/h7,9H,2-6,8H2,1H3. The molecule has 0 radical (unpaired) electrons. The van der Waals surface area contributed by atoms with Gasteiger partial charge in [-0.2, -0.15) is 0 Å². The minimum absolute atomic E-state index is 0.102. The fraction of sp³-hybridized carbons (Fsp3) is 0.500. The molecule has 5 nitrogen and oxygen atoms in total. The molecule has 2 aromatic heterocycles. The van der Waals surface area contributed by atoms with Gasteiger partial charge in [0.25, 0.3) is 5.56 Å². The predicted octanol–water partition coefficient (Wildman–Crippen LogP) is 1.62. The van der Waals surface area contributed by atoms with Gasteiger partial charge in [-0.15, -0.1) is 11.3 Å². The lowest BCUT2D eigenvalue weighted by Gasteiger charge is -2.26. The van der Waals surface area contributed by atoms with E-state index in [2.05, 4.69) is 4.98 Å². The predicted molar refractivity (Wildman–Crippen MR) is 78.2 cm³/mol. The molecule has 106 valence electrons. The second kappa shape index (κ2) is 5.36. The summed E-state index contributed by atoms with van der Waals surface area (Å²) < 4.78 is 1.56. The quantitative estimate of drug-likeness (QED) is 0.845. The number of nitrogens with zero attached hydrogens (tertiary/aromatic N) is 3. The number of carbonyl (C=O) groups is 1. The van der Waals surface area contributed by atoms with Gasteiger partial charge in [0.15, 0.2) is 4.96 Å². The second-order valence-electron chi connectivity index (χ2n) is 5.20. The smallest absolute Gasteiger partial charge is 0.258 e. The number of aryl methyl sites for hydroxylation is 1. The number of carbonyl (C=O) groups excluding carboxylic acids is 1. The van der Waals surface area contributed by atoms with Crippen LogP contribution in [-0.4, -0.2) is 33.3 Å². The van der Waals surface area contributed by atoms with E-state index in [1.807, 2.05) is 10.3 Å². The van der Waals surface area contributed by atoms with E-state index in [1.165, 1.54) is 23.8 Å². The molecule has 0 N–H and O–H groups in total. The zero-order valence-electron chi connectivity index (χ0n) is 11.5. The van der Waals surface area contributed by atoms with E-state index in [0.29, 0.717) is 10.7 Å². The highest BCUT2D eigenvalue weighted by atomic mass is 32.1. The minimum atomic E-state index is -0.102. The molecule has 0 bridgehead atoms. The summed E-state index contributed by atoms with van der Waals surface area (Å²) in [5.41, 5.74) is 1.36. The van der Waals surface area contributed by atoms with Crippen molar-refractivity contribution in [3.8, 4) is 0 Å². The van der Waals surface area contributed by atoms with E-state index >= 15 is 0 Å². The van der Waals surface area contributed by atoms with Crippen molar-refractivity contribution in [3.05, 3.63) is 33.2 Å². The van der Waals surface area contributed by atoms with E-state index in [0.717, 1.165) is 31.6 Å². The maximum Gasteiger partial charge on any atom is 0.258 e. The van der Waals surface area contributed by atoms with Crippen molar-refractivity contribution in [2.45, 2.75) is 32.6 Å². The zero-order chi connectivity index (χ0) is 14.1. The van der Waals surface area contributed by atoms with Gasteiger partial charge in [-0.1, -0.05) is 0 Å². The van der Waals surface area contributed by atoms with Gasteiger partial charge < -0.3 is 4.90 Å². The molecular weight excluding hydrogens is 274 g/mol. The average Bonchev–Trinajstić information content (AvgIpc) is 2.82. The van der Waals surface area contributed by atoms with Crippen molar-refractivity contribution in [2.75, 3.05) is 13.1 Å². The summed E-state index contributed by atoms with van der Waals surface area (Å²) in [6, 6.07) is 1.51. The van der Waals surface area contributed by atoms with Crippen LogP contribution in [0.15, 0.2) is 16.2 Å². The highest BCUT2D eigenvalue weighted by Gasteiger charge is 2.19. The normalized spacial score (nSPS) is 15.8. The molecule has 3 heterocycles. The third-order valence-electron chi connectivity index (χ3n) is 3.64. The molecule has 1 aliphatic rings. The summed E-state index contributed by atoms with van der Waals surface area (Å²) in [6.07, 6.45) is 3.64. The van der Waals surface area contributed by atoms with Crippen molar-refractivity contribution in [2.24, 2.45) is 0 Å². The number of rotatable bonds is 2. The molecule has 0 aliphatic carbocycles. The van der Waals surface area contributed by atoms with Crippen LogP contribution in [0.2, 0.25) is 0 Å². The van der Waals surface area contributed by atoms with Crippen LogP contribution in [0.4, 0.5) is 0 Å². The fourth-order valence-corrected chi connectivity index (χ4v) is 3.56. The van der Waals surface area contributed by atoms with Crippen LogP contribution in [0.5, 0.6) is 0 Å². The number of thiazole rings is 1. The highest BCUT2D eigenvalue weighted by Crippen LogP contribution is 2.15. The molecule has 6 heteroatoms. The SMILES string of the molecule is Cc1cc(=O)n2c(CC(=O)N3CCCCC3)csc2n1. The van der Waals surface area contributed by atoms with Gasteiger partial charge in [-0.05, 0) is 26.2 Å². The Morgan fingerprint density at radius 3 is 2.85 bits per heavy atom. The lowest BCUT2D eigenvalue weighted by Crippen LogP contribution is -2.37. The van der Waals surface area contributed by atoms with Crippen LogP contribution in [0, 0.1) is 6.92 Å². The lowest BCUT2D eigenvalue weighted by atomic mass is 10.1. The average molecular weight is 291 g/mol. The maximum atomic E-state index is 12.3. The summed E-state index contributed by atoms with van der Waals surface area (Å²) in [6.45, 7) is 3.49. The van der Waals surface area contributed by atoms with Crippen LogP contribution in [-0.2, 0) is 11.2 Å². The van der Waals surface area contributed by atoms with E-state index in [-0.39, 0.29) is 17.9 Å². The van der Waals surface area contributed by atoms with E-state index < -0.39 is 0 Å². The molecule has 0 aromatic carbocycles. The van der Waals surface area contributed by atoms with Gasteiger partial charge >= 0.3 is 0 Å². The van der Waals surface area contributed by atoms with Crippen molar-refractivity contribution < 1.29 is 4.79 Å². The Labute approximate surface area is 120 Å². The first kappa shape index (κ1) is 13.3. The van der Waals surface area contributed by atoms with Crippen molar-refractivity contribution in [3.63, 3.8) is 0 Å². The van der Waals surface area contributed by atoms with Crippen LogP contribution >= 0.6 is 11.3 Å². The maximum absolute atomic E-state index is 12.3. The Bertz CT molecular complexity index is 698. The zero-order valence-corrected chi connectivity index (χ0v) is 12.3. The molecular formula is C14H17N3O2S. The summed E-state index contributed by atoms with van der Waals surface area (Å²) >= 11 is 1.41. The van der Waals surface area contributed by atoms with E-state index in [4.69, 9.17) is 0 Å². The third kappa shape index (κ3) is 2.47. The van der Waals surface area contributed by atoms with Crippen LogP contribution in [0.3, 0.4) is 0 Å². The number of amides is 1. The van der Waals surface area contributed by atoms with Gasteiger partial charge in [0.2, 0.25) is 5.91 Å². The fourth-order valence-electron chi connectivity index (χ4n) is 2.62. The van der Waals surface area contributed by atoms with Crippen molar-refractivity contribution in [1.29, 1.82) is 0 Å². The number of hydrogen-bond acceptors (Lipinski definition) is 4. The first-order valence-corrected chi connectivity index (χ1v) is 7.77.